The highest BCUT2D eigenvalue weighted by Crippen LogP contribution is 2.33. The second kappa shape index (κ2) is 6.27. The van der Waals surface area contributed by atoms with Crippen LogP contribution in [0.25, 0.3) is 0 Å². The topological polar surface area (TPSA) is 107 Å². The fourth-order valence-electron chi connectivity index (χ4n) is 2.25. The summed E-state index contributed by atoms with van der Waals surface area (Å²) in [5.74, 6) is -1.08. The Kier molecular flexibility index (Phi) is 4.63. The van der Waals surface area contributed by atoms with Crippen molar-refractivity contribution >= 4 is 18.1 Å². The van der Waals surface area contributed by atoms with Gasteiger partial charge in [0, 0.05) is 21.0 Å². The molecule has 0 unspecified atom stereocenters. The van der Waals surface area contributed by atoms with Crippen LogP contribution in [-0.2, 0) is 38.0 Å². The minimum atomic E-state index is -0.967. The van der Waals surface area contributed by atoms with Crippen LogP contribution in [0.3, 0.4) is 0 Å². The summed E-state index contributed by atoms with van der Waals surface area (Å²) in [7, 11) is 1.35. The van der Waals surface area contributed by atoms with E-state index in [1.807, 2.05) is 0 Å². The van der Waals surface area contributed by atoms with Crippen molar-refractivity contribution in [1.82, 2.24) is 0 Å². The zero-order valence-electron chi connectivity index (χ0n) is 11.8. The molecule has 2 saturated heterocycles. The van der Waals surface area contributed by atoms with Crippen LogP contribution in [0.1, 0.15) is 13.8 Å². The van der Waals surface area contributed by atoms with Gasteiger partial charge < -0.3 is 28.4 Å². The minimum Gasteiger partial charge on any atom is -0.463 e. The molecule has 2 rings (SSSR count). The number of ether oxygens (including phenoxy) is 6. The molecule has 21 heavy (non-hydrogen) atoms. The molecule has 0 spiro atoms. The minimum absolute atomic E-state index is 0.139. The van der Waals surface area contributed by atoms with Crippen LogP contribution in [-0.4, -0.2) is 62.5 Å². The van der Waals surface area contributed by atoms with E-state index in [0.29, 0.717) is 0 Å². The van der Waals surface area contributed by atoms with Gasteiger partial charge in [0.15, 0.2) is 24.6 Å². The molecule has 9 nitrogen and oxygen atoms in total. The number of hydrogen-bond donors (Lipinski definition) is 0. The molecule has 0 aliphatic carbocycles. The largest absolute Gasteiger partial charge is 0.509 e. The van der Waals surface area contributed by atoms with Gasteiger partial charge in [0.1, 0.15) is 12.7 Å². The summed E-state index contributed by atoms with van der Waals surface area (Å²) < 4.78 is 30.6. The molecule has 2 aliphatic heterocycles. The number of methoxy groups -OCH3 is 1. The van der Waals surface area contributed by atoms with Gasteiger partial charge in [-0.3, -0.25) is 9.59 Å². The first-order chi connectivity index (χ1) is 9.92. The molecule has 0 saturated carbocycles. The number of rotatable bonds is 4. The molecule has 0 N–H and O–H groups in total. The van der Waals surface area contributed by atoms with Gasteiger partial charge in [-0.15, -0.1) is 0 Å². The lowest BCUT2D eigenvalue weighted by atomic mass is 9.99. The van der Waals surface area contributed by atoms with Gasteiger partial charge in [0.05, 0.1) is 0 Å². The molecular formula is C12H16O9. The van der Waals surface area contributed by atoms with Crippen LogP contribution < -0.4 is 0 Å². The van der Waals surface area contributed by atoms with Crippen LogP contribution in [0.15, 0.2) is 0 Å². The van der Waals surface area contributed by atoms with E-state index in [1.54, 1.807) is 0 Å². The Hall–Kier alpha value is -1.87. The molecule has 0 aromatic carbocycles. The third kappa shape index (κ3) is 3.42. The Morgan fingerprint density at radius 3 is 2.38 bits per heavy atom. The van der Waals surface area contributed by atoms with Crippen molar-refractivity contribution in [3.05, 3.63) is 0 Å². The van der Waals surface area contributed by atoms with Gasteiger partial charge in [-0.1, -0.05) is 0 Å². The van der Waals surface area contributed by atoms with Crippen LogP contribution >= 0.6 is 0 Å². The van der Waals surface area contributed by atoms with E-state index >= 15 is 0 Å². The predicted molar refractivity (Wildman–Crippen MR) is 63.0 cm³/mol. The molecule has 0 bridgehead atoms. The normalized spacial score (nSPS) is 34.4. The number of hydrogen-bond acceptors (Lipinski definition) is 9. The van der Waals surface area contributed by atoms with Crippen molar-refractivity contribution < 1.29 is 42.8 Å². The first-order valence-electron chi connectivity index (χ1n) is 6.28. The first-order valence-corrected chi connectivity index (χ1v) is 6.28. The summed E-state index contributed by atoms with van der Waals surface area (Å²) in [6.07, 6.45) is -5.35. The van der Waals surface area contributed by atoms with Gasteiger partial charge in [-0.05, 0) is 0 Å². The number of carbonyl (C=O) groups excluding carboxylic acids is 3. The summed E-state index contributed by atoms with van der Waals surface area (Å²) in [5.41, 5.74) is 0. The number of carbonyl (C=O) groups is 3. The SMILES string of the molecule is CO[C@H]1O[C@H](COC(C)=O)[C@@H]2OC(=O)O[C@@H]2[C@H]1OC(C)=O. The lowest BCUT2D eigenvalue weighted by molar-refractivity contribution is -0.279. The van der Waals surface area contributed by atoms with Crippen LogP contribution in [0, 0.1) is 0 Å². The van der Waals surface area contributed by atoms with Crippen LogP contribution in [0.4, 0.5) is 4.79 Å². The quantitative estimate of drug-likeness (QED) is 0.513. The van der Waals surface area contributed by atoms with Gasteiger partial charge in [-0.25, -0.2) is 4.79 Å². The highest BCUT2D eigenvalue weighted by atomic mass is 16.8. The second-order valence-corrected chi connectivity index (χ2v) is 4.57. The maximum absolute atomic E-state index is 11.3. The monoisotopic (exact) mass is 304 g/mol. The fourth-order valence-corrected chi connectivity index (χ4v) is 2.25. The molecular weight excluding hydrogens is 288 g/mol. The van der Waals surface area contributed by atoms with E-state index < -0.39 is 48.8 Å². The van der Waals surface area contributed by atoms with E-state index in [4.69, 9.17) is 28.4 Å². The highest BCUT2D eigenvalue weighted by Gasteiger charge is 2.56. The molecule has 0 radical (unpaired) electrons. The maximum Gasteiger partial charge on any atom is 0.509 e. The second-order valence-electron chi connectivity index (χ2n) is 4.57. The zero-order valence-corrected chi connectivity index (χ0v) is 11.8. The van der Waals surface area contributed by atoms with Crippen molar-refractivity contribution in [3.63, 3.8) is 0 Å². The Morgan fingerprint density at radius 1 is 1.14 bits per heavy atom. The standard InChI is InChI=1S/C12H16O9/c1-5(13)17-4-7-8-9(21-12(15)20-8)10(18-6(2)14)11(16-3)19-7/h7-11H,4H2,1-3H3/t7-,8+,9+,10-,11+/m1/s1. The van der Waals surface area contributed by atoms with Crippen LogP contribution in [0.2, 0.25) is 0 Å². The molecule has 5 atom stereocenters. The summed E-state index contributed by atoms with van der Waals surface area (Å²) >= 11 is 0. The van der Waals surface area contributed by atoms with E-state index in [1.165, 1.54) is 21.0 Å². The highest BCUT2D eigenvalue weighted by molar-refractivity contribution is 5.67. The molecule has 0 aromatic rings. The van der Waals surface area contributed by atoms with E-state index in [0.717, 1.165) is 0 Å². The Labute approximate surface area is 120 Å². The summed E-state index contributed by atoms with van der Waals surface area (Å²) in [6.45, 7) is 2.32. The molecule has 118 valence electrons. The van der Waals surface area contributed by atoms with Gasteiger partial charge >= 0.3 is 18.1 Å². The Balaban J connectivity index is 2.16. The van der Waals surface area contributed by atoms with Crippen molar-refractivity contribution in [1.29, 1.82) is 0 Å². The van der Waals surface area contributed by atoms with Crippen molar-refractivity contribution in [2.45, 2.75) is 44.6 Å². The lowest BCUT2D eigenvalue weighted by Crippen LogP contribution is -2.59. The van der Waals surface area contributed by atoms with E-state index in [2.05, 4.69) is 0 Å². The van der Waals surface area contributed by atoms with Gasteiger partial charge in [0.25, 0.3) is 0 Å². The van der Waals surface area contributed by atoms with E-state index in [9.17, 15) is 14.4 Å². The number of esters is 2. The predicted octanol–water partition coefficient (Wildman–Crippen LogP) is -0.244. The van der Waals surface area contributed by atoms with Crippen molar-refractivity contribution in [2.75, 3.05) is 13.7 Å². The molecule has 2 heterocycles. The molecule has 0 aromatic heterocycles. The third-order valence-corrected chi connectivity index (χ3v) is 3.04. The zero-order chi connectivity index (χ0) is 15.6. The first kappa shape index (κ1) is 15.5. The summed E-state index contributed by atoms with van der Waals surface area (Å²) in [4.78, 5) is 33.4. The molecule has 2 aliphatic rings. The van der Waals surface area contributed by atoms with E-state index in [-0.39, 0.29) is 6.61 Å². The smallest absolute Gasteiger partial charge is 0.463 e. The Morgan fingerprint density at radius 2 is 1.81 bits per heavy atom. The van der Waals surface area contributed by atoms with Crippen LogP contribution in [0.5, 0.6) is 0 Å². The van der Waals surface area contributed by atoms with Crippen molar-refractivity contribution in [3.8, 4) is 0 Å². The van der Waals surface area contributed by atoms with Crippen molar-refractivity contribution in [2.24, 2.45) is 0 Å². The average Bonchev–Trinajstić information content (AvgIpc) is 2.78. The molecule has 9 heteroatoms. The maximum atomic E-state index is 11.3. The molecule has 0 amide bonds. The average molecular weight is 304 g/mol. The molecule has 2 fully saturated rings. The summed E-state index contributed by atoms with van der Waals surface area (Å²) in [5, 5.41) is 0. The fraction of sp³-hybridized carbons (Fsp3) is 0.750. The summed E-state index contributed by atoms with van der Waals surface area (Å²) in [6, 6.07) is 0. The van der Waals surface area contributed by atoms with Gasteiger partial charge in [0.2, 0.25) is 0 Å². The third-order valence-electron chi connectivity index (χ3n) is 3.04. The lowest BCUT2D eigenvalue weighted by Gasteiger charge is -2.39. The van der Waals surface area contributed by atoms with Gasteiger partial charge in [-0.2, -0.15) is 0 Å². The Bertz CT molecular complexity index is 434. The number of fused-ring (bicyclic) bond motifs is 1.